The smallest absolute Gasteiger partial charge is 0.128 e. The number of rotatable bonds is 9. The fraction of sp³-hybridized carbons (Fsp3) is 0.137. The Morgan fingerprint density at radius 1 is 0.411 bits per heavy atom. The Kier molecular flexibility index (Phi) is 10.1. The molecule has 0 amide bonds. The molecule has 0 N–H and O–H groups in total. The van der Waals surface area contributed by atoms with Gasteiger partial charge in [0.15, 0.2) is 0 Å². The van der Waals surface area contributed by atoms with Crippen LogP contribution in [0.5, 0.6) is 11.5 Å². The molecule has 6 aromatic carbocycles. The highest BCUT2D eigenvalue weighted by Gasteiger charge is 2.16. The molecule has 0 radical (unpaired) electrons. The van der Waals surface area contributed by atoms with E-state index in [4.69, 9.17) is 4.74 Å². The Balaban J connectivity index is 1.19. The Morgan fingerprint density at radius 3 is 1.25 bits per heavy atom. The molecule has 8 aromatic rings. The fourth-order valence-corrected chi connectivity index (χ4v) is 6.90. The van der Waals surface area contributed by atoms with Crippen molar-refractivity contribution in [2.75, 3.05) is 0 Å². The first kappa shape index (κ1) is 36.3. The van der Waals surface area contributed by atoms with Gasteiger partial charge in [-0.1, -0.05) is 144 Å². The zero-order valence-electron chi connectivity index (χ0n) is 32.4. The van der Waals surface area contributed by atoms with Crippen molar-refractivity contribution in [3.8, 4) is 78.5 Å². The molecule has 0 saturated carbocycles. The molecule has 0 saturated heterocycles. The highest BCUT2D eigenvalue weighted by molar-refractivity contribution is 5.78. The van der Waals surface area contributed by atoms with Crippen LogP contribution < -0.4 is 4.74 Å². The van der Waals surface area contributed by atoms with Gasteiger partial charge in [-0.2, -0.15) is 20.4 Å². The van der Waals surface area contributed by atoms with E-state index in [0.717, 1.165) is 67.0 Å². The van der Waals surface area contributed by atoms with E-state index >= 15 is 0 Å². The van der Waals surface area contributed by atoms with Crippen molar-refractivity contribution in [1.82, 2.24) is 20.4 Å². The van der Waals surface area contributed by atoms with E-state index in [-0.39, 0.29) is 5.41 Å². The quantitative estimate of drug-likeness (QED) is 0.148. The van der Waals surface area contributed by atoms with Crippen LogP contribution in [0.2, 0.25) is 0 Å². The van der Waals surface area contributed by atoms with Crippen molar-refractivity contribution in [3.05, 3.63) is 181 Å². The normalized spacial score (nSPS) is 11.5. The Labute approximate surface area is 329 Å². The van der Waals surface area contributed by atoms with Crippen LogP contribution in [0.15, 0.2) is 170 Å². The largest absolute Gasteiger partial charge is 0.457 e. The van der Waals surface area contributed by atoms with Gasteiger partial charge < -0.3 is 4.74 Å². The standard InChI is InChI=1S/C51H44N4O/c1-34(2)35-16-18-38(19-17-35)44-30-49(54-52-32-44)42-24-40(36-12-8-6-9-13-36)26-47(28-42)56-48-27-41(37-14-10-7-11-15-37)25-43(29-48)50-31-45(33-53-55-50)39-20-22-46(23-21-39)51(3,4)5/h6-34H,1-5H3. The van der Waals surface area contributed by atoms with E-state index in [2.05, 4.69) is 164 Å². The summed E-state index contributed by atoms with van der Waals surface area (Å²) in [5.41, 5.74) is 14.4. The topological polar surface area (TPSA) is 60.8 Å². The maximum absolute atomic E-state index is 6.84. The third-order valence-electron chi connectivity index (χ3n) is 10.2. The predicted octanol–water partition coefficient (Wildman–Crippen LogP) is 13.5. The van der Waals surface area contributed by atoms with Crippen LogP contribution in [0.4, 0.5) is 0 Å². The molecule has 56 heavy (non-hydrogen) atoms. The van der Waals surface area contributed by atoms with Gasteiger partial charge in [0, 0.05) is 22.3 Å². The number of aromatic nitrogens is 4. The Bertz CT molecular complexity index is 2590. The minimum Gasteiger partial charge on any atom is -0.457 e. The zero-order valence-corrected chi connectivity index (χ0v) is 32.4. The molecule has 274 valence electrons. The van der Waals surface area contributed by atoms with Crippen LogP contribution in [0.25, 0.3) is 67.0 Å². The Morgan fingerprint density at radius 2 is 0.821 bits per heavy atom. The molecular weight excluding hydrogens is 685 g/mol. The molecule has 5 heteroatoms. The average molecular weight is 729 g/mol. The molecule has 2 heterocycles. The molecule has 0 aliphatic carbocycles. The van der Waals surface area contributed by atoms with Crippen molar-refractivity contribution in [2.45, 2.75) is 46.0 Å². The van der Waals surface area contributed by atoms with Gasteiger partial charge in [-0.25, -0.2) is 0 Å². The first-order valence-electron chi connectivity index (χ1n) is 19.1. The van der Waals surface area contributed by atoms with Gasteiger partial charge in [0.25, 0.3) is 0 Å². The molecule has 0 fully saturated rings. The average Bonchev–Trinajstić information content (AvgIpc) is 3.24. The van der Waals surface area contributed by atoms with Crippen LogP contribution >= 0.6 is 0 Å². The summed E-state index contributed by atoms with van der Waals surface area (Å²) in [7, 11) is 0. The van der Waals surface area contributed by atoms with Gasteiger partial charge in [-0.15, -0.1) is 0 Å². The maximum Gasteiger partial charge on any atom is 0.128 e. The molecule has 8 rings (SSSR count). The van der Waals surface area contributed by atoms with E-state index in [0.29, 0.717) is 17.4 Å². The molecule has 0 unspecified atom stereocenters. The minimum atomic E-state index is 0.0767. The van der Waals surface area contributed by atoms with Crippen molar-refractivity contribution in [1.29, 1.82) is 0 Å². The van der Waals surface area contributed by atoms with Crippen LogP contribution in [0.1, 0.15) is 51.7 Å². The Hall–Kier alpha value is -6.72. The molecule has 5 nitrogen and oxygen atoms in total. The second-order valence-electron chi connectivity index (χ2n) is 15.6. The lowest BCUT2D eigenvalue weighted by molar-refractivity contribution is 0.483. The van der Waals surface area contributed by atoms with Crippen molar-refractivity contribution in [2.24, 2.45) is 0 Å². The van der Waals surface area contributed by atoms with E-state index in [1.807, 2.05) is 60.9 Å². The molecular formula is C51H44N4O. The fourth-order valence-electron chi connectivity index (χ4n) is 6.90. The van der Waals surface area contributed by atoms with Crippen molar-refractivity contribution >= 4 is 0 Å². The molecule has 0 aliphatic heterocycles. The molecule has 2 aromatic heterocycles. The van der Waals surface area contributed by atoms with Crippen LogP contribution in [-0.2, 0) is 5.41 Å². The van der Waals surface area contributed by atoms with Crippen LogP contribution in [-0.4, -0.2) is 20.4 Å². The highest BCUT2D eigenvalue weighted by Crippen LogP contribution is 2.38. The van der Waals surface area contributed by atoms with Crippen LogP contribution in [0.3, 0.4) is 0 Å². The monoisotopic (exact) mass is 728 g/mol. The second-order valence-corrected chi connectivity index (χ2v) is 15.6. The summed E-state index contributed by atoms with van der Waals surface area (Å²) < 4.78 is 6.84. The lowest BCUT2D eigenvalue weighted by Crippen LogP contribution is -2.10. The molecule has 0 spiro atoms. The van der Waals surface area contributed by atoms with Gasteiger partial charge in [-0.3, -0.25) is 0 Å². The maximum atomic E-state index is 6.84. The molecule has 0 aliphatic rings. The van der Waals surface area contributed by atoms with E-state index < -0.39 is 0 Å². The summed E-state index contributed by atoms with van der Waals surface area (Å²) in [6.07, 6.45) is 3.64. The number of ether oxygens (including phenoxy) is 1. The van der Waals surface area contributed by atoms with Crippen LogP contribution in [0, 0.1) is 0 Å². The van der Waals surface area contributed by atoms with Gasteiger partial charge in [-0.05, 0) is 104 Å². The summed E-state index contributed by atoms with van der Waals surface area (Å²) in [6, 6.07) is 54.8. The SMILES string of the molecule is CC(C)c1ccc(-c2cnnc(-c3cc(Oc4cc(-c5ccccc5)cc(-c5cc(-c6ccc(C(C)(C)C)cc6)cnn5)c4)cc(-c4ccccc4)c3)c2)cc1. The first-order valence-corrected chi connectivity index (χ1v) is 19.1. The number of nitrogens with zero attached hydrogens (tertiary/aromatic N) is 4. The highest BCUT2D eigenvalue weighted by atomic mass is 16.5. The third kappa shape index (κ3) is 8.18. The molecule has 0 bridgehead atoms. The van der Waals surface area contributed by atoms with Gasteiger partial charge in [0.1, 0.15) is 11.5 Å². The summed E-state index contributed by atoms with van der Waals surface area (Å²) >= 11 is 0. The number of hydrogen-bond acceptors (Lipinski definition) is 5. The zero-order chi connectivity index (χ0) is 38.6. The predicted molar refractivity (Wildman–Crippen MR) is 230 cm³/mol. The summed E-state index contributed by atoms with van der Waals surface area (Å²) in [5, 5.41) is 18.1. The van der Waals surface area contributed by atoms with E-state index in [9.17, 15) is 0 Å². The summed E-state index contributed by atoms with van der Waals surface area (Å²) in [5.74, 6) is 1.84. The summed E-state index contributed by atoms with van der Waals surface area (Å²) in [6.45, 7) is 11.1. The van der Waals surface area contributed by atoms with Gasteiger partial charge in [0.2, 0.25) is 0 Å². The first-order chi connectivity index (χ1) is 27.2. The van der Waals surface area contributed by atoms with Crippen molar-refractivity contribution < 1.29 is 4.74 Å². The minimum absolute atomic E-state index is 0.0767. The number of benzene rings is 6. The van der Waals surface area contributed by atoms with E-state index in [1.165, 1.54) is 11.1 Å². The second kappa shape index (κ2) is 15.6. The van der Waals surface area contributed by atoms with Gasteiger partial charge >= 0.3 is 0 Å². The molecule has 0 atom stereocenters. The lowest BCUT2D eigenvalue weighted by Gasteiger charge is -2.19. The third-order valence-corrected chi connectivity index (χ3v) is 10.2. The lowest BCUT2D eigenvalue weighted by atomic mass is 9.86. The van der Waals surface area contributed by atoms with Crippen molar-refractivity contribution in [3.63, 3.8) is 0 Å². The summed E-state index contributed by atoms with van der Waals surface area (Å²) in [4.78, 5) is 0. The van der Waals surface area contributed by atoms with Gasteiger partial charge in [0.05, 0.1) is 23.8 Å². The number of hydrogen-bond donors (Lipinski definition) is 0. The van der Waals surface area contributed by atoms with E-state index in [1.54, 1.807) is 0 Å².